The molecule has 0 radical (unpaired) electrons. The van der Waals surface area contributed by atoms with Gasteiger partial charge in [-0.15, -0.1) is 0 Å². The second-order valence-electron chi connectivity index (χ2n) is 3.27. The quantitative estimate of drug-likeness (QED) is 0.330. The van der Waals surface area contributed by atoms with Gasteiger partial charge in [-0.25, -0.2) is 9.36 Å². The molecule has 0 aromatic carbocycles. The molecule has 0 amide bonds. The number of hydrogen-bond acceptors (Lipinski definition) is 5. The van der Waals surface area contributed by atoms with Crippen LogP contribution >= 0.6 is 7.82 Å². The summed E-state index contributed by atoms with van der Waals surface area (Å²) in [5.41, 5.74) is 1.29. The lowest BCUT2D eigenvalue weighted by Gasteiger charge is -2.10. The number of carbonyl (C=O) groups excluding carboxylic acids is 1. The van der Waals surface area contributed by atoms with E-state index in [9.17, 15) is 9.36 Å². The smallest absolute Gasteiger partial charge is 0.300 e. The predicted molar refractivity (Wildman–Crippen MR) is 61.9 cm³/mol. The maximum Gasteiger partial charge on any atom is 0.508 e. The van der Waals surface area contributed by atoms with E-state index < -0.39 is 13.8 Å². The molecular weight excluding hydrogens is 247 g/mol. The molecule has 0 spiro atoms. The molecule has 1 atom stereocenters. The van der Waals surface area contributed by atoms with E-state index in [0.717, 1.165) is 5.57 Å². The van der Waals surface area contributed by atoms with E-state index in [1.807, 2.05) is 13.8 Å². The van der Waals surface area contributed by atoms with Crippen molar-refractivity contribution < 1.29 is 28.3 Å². The fourth-order valence-electron chi connectivity index (χ4n) is 1.25. The van der Waals surface area contributed by atoms with Gasteiger partial charge in [0, 0.05) is 5.57 Å². The predicted octanol–water partition coefficient (Wildman–Crippen LogP) is 2.73. The van der Waals surface area contributed by atoms with Crippen molar-refractivity contribution in [2.45, 2.75) is 40.5 Å². The zero-order chi connectivity index (χ0) is 13.5. The molecule has 6 nitrogen and oxygen atoms in total. The largest absolute Gasteiger partial charge is 0.508 e. The Labute approximate surface area is 101 Å². The van der Waals surface area contributed by atoms with Crippen molar-refractivity contribution in [2.24, 2.45) is 0 Å². The zero-order valence-corrected chi connectivity index (χ0v) is 11.5. The molecule has 0 aliphatic heterocycles. The highest BCUT2D eigenvalue weighted by Crippen LogP contribution is 2.43. The first kappa shape index (κ1) is 16.3. The highest BCUT2D eigenvalue weighted by Gasteiger charge is 2.25. The maximum atomic E-state index is 11.5. The number of phosphoric ester groups is 1. The summed E-state index contributed by atoms with van der Waals surface area (Å²) in [6.07, 6.45) is 1.42. The fraction of sp³-hybridized carbons (Fsp3) is 0.700. The summed E-state index contributed by atoms with van der Waals surface area (Å²) in [5, 5.41) is 0. The summed E-state index contributed by atoms with van der Waals surface area (Å²) in [7, 11) is -4.30. The molecule has 0 aromatic heterocycles. The molecular formula is C10H19O6P. The van der Waals surface area contributed by atoms with E-state index >= 15 is 0 Å². The van der Waals surface area contributed by atoms with E-state index in [4.69, 9.17) is 4.89 Å². The van der Waals surface area contributed by atoms with Gasteiger partial charge in [0.25, 0.3) is 0 Å². The second-order valence-corrected chi connectivity index (χ2v) is 4.61. The lowest BCUT2D eigenvalue weighted by Crippen LogP contribution is -2.08. The summed E-state index contributed by atoms with van der Waals surface area (Å²) in [6, 6.07) is 0. The average molecular weight is 266 g/mol. The Kier molecular flexibility index (Phi) is 7.30. The van der Waals surface area contributed by atoms with Crippen LogP contribution < -0.4 is 0 Å². The molecule has 0 saturated carbocycles. The lowest BCUT2D eigenvalue weighted by atomic mass is 10.1. The van der Waals surface area contributed by atoms with Crippen LogP contribution in [0, 0.1) is 0 Å². The minimum Gasteiger partial charge on any atom is -0.300 e. The van der Waals surface area contributed by atoms with Crippen molar-refractivity contribution >= 4 is 13.8 Å². The van der Waals surface area contributed by atoms with Crippen LogP contribution in [0.1, 0.15) is 40.5 Å². The summed E-state index contributed by atoms with van der Waals surface area (Å²) in [4.78, 5) is 24.7. The third kappa shape index (κ3) is 5.98. The van der Waals surface area contributed by atoms with E-state index in [0.29, 0.717) is 18.4 Å². The third-order valence-corrected chi connectivity index (χ3v) is 3.04. The van der Waals surface area contributed by atoms with Gasteiger partial charge in [-0.2, -0.15) is 0 Å². The van der Waals surface area contributed by atoms with Gasteiger partial charge in [-0.05, 0) is 26.7 Å². The van der Waals surface area contributed by atoms with Gasteiger partial charge in [0.1, 0.15) is 0 Å². The normalized spacial score (nSPS) is 13.9. The Balaban J connectivity index is 4.47. The number of phosphoric acid groups is 1. The second kappa shape index (κ2) is 7.61. The molecule has 1 unspecified atom stereocenters. The number of carbonyl (C=O) groups is 1. The third-order valence-electron chi connectivity index (χ3n) is 2.19. The van der Waals surface area contributed by atoms with Crippen molar-refractivity contribution in [3.8, 4) is 0 Å². The SMILES string of the molecule is CCOP(=O)(O)OOC(=O)C(C)=C(CC)CC. The van der Waals surface area contributed by atoms with Gasteiger partial charge >= 0.3 is 13.8 Å². The Bertz CT molecular complexity index is 330. The Morgan fingerprint density at radius 2 is 1.76 bits per heavy atom. The first-order valence-corrected chi connectivity index (χ1v) is 6.94. The number of rotatable bonds is 7. The Morgan fingerprint density at radius 1 is 1.24 bits per heavy atom. The van der Waals surface area contributed by atoms with Crippen LogP contribution in [-0.2, 0) is 23.4 Å². The molecule has 0 aliphatic carbocycles. The van der Waals surface area contributed by atoms with Crippen LogP contribution in [0.2, 0.25) is 0 Å². The first-order chi connectivity index (χ1) is 7.87. The van der Waals surface area contributed by atoms with E-state index in [2.05, 4.69) is 14.1 Å². The van der Waals surface area contributed by atoms with Crippen LogP contribution in [0.15, 0.2) is 11.1 Å². The molecule has 1 N–H and O–H groups in total. The highest BCUT2D eigenvalue weighted by molar-refractivity contribution is 7.47. The summed E-state index contributed by atoms with van der Waals surface area (Å²) in [6.45, 7) is 6.90. The van der Waals surface area contributed by atoms with E-state index in [1.165, 1.54) is 6.92 Å². The van der Waals surface area contributed by atoms with Crippen LogP contribution in [0.3, 0.4) is 0 Å². The van der Waals surface area contributed by atoms with Crippen LogP contribution in [0.25, 0.3) is 0 Å². The van der Waals surface area contributed by atoms with Gasteiger partial charge in [0.05, 0.1) is 6.61 Å². The fourth-order valence-corrected chi connectivity index (χ4v) is 1.78. The molecule has 17 heavy (non-hydrogen) atoms. The monoisotopic (exact) mass is 266 g/mol. The van der Waals surface area contributed by atoms with Crippen molar-refractivity contribution in [3.05, 3.63) is 11.1 Å². The van der Waals surface area contributed by atoms with Crippen LogP contribution in [-0.4, -0.2) is 17.5 Å². The topological polar surface area (TPSA) is 82.1 Å². The average Bonchev–Trinajstić information content (AvgIpc) is 2.27. The Hall–Kier alpha value is -0.680. The van der Waals surface area contributed by atoms with Gasteiger partial charge in [-0.1, -0.05) is 24.1 Å². The molecule has 0 heterocycles. The minimum absolute atomic E-state index is 0.0185. The Morgan fingerprint density at radius 3 is 2.18 bits per heavy atom. The van der Waals surface area contributed by atoms with Crippen molar-refractivity contribution in [2.75, 3.05) is 6.61 Å². The zero-order valence-electron chi connectivity index (χ0n) is 10.6. The first-order valence-electron chi connectivity index (χ1n) is 5.44. The molecule has 0 saturated heterocycles. The van der Waals surface area contributed by atoms with Crippen molar-refractivity contribution in [1.29, 1.82) is 0 Å². The summed E-state index contributed by atoms with van der Waals surface area (Å²) < 4.78 is 19.5. The highest BCUT2D eigenvalue weighted by atomic mass is 31.2. The molecule has 7 heteroatoms. The number of hydrogen-bond donors (Lipinski definition) is 1. The van der Waals surface area contributed by atoms with Gasteiger partial charge < -0.3 is 4.89 Å². The maximum absolute atomic E-state index is 11.5. The van der Waals surface area contributed by atoms with Crippen molar-refractivity contribution in [3.63, 3.8) is 0 Å². The van der Waals surface area contributed by atoms with Crippen LogP contribution in [0.5, 0.6) is 0 Å². The molecule has 0 bridgehead atoms. The molecule has 100 valence electrons. The van der Waals surface area contributed by atoms with Gasteiger partial charge in [0.2, 0.25) is 0 Å². The van der Waals surface area contributed by atoms with Gasteiger partial charge in [-0.3, -0.25) is 9.41 Å². The lowest BCUT2D eigenvalue weighted by molar-refractivity contribution is -0.218. The molecule has 0 rings (SSSR count). The van der Waals surface area contributed by atoms with E-state index in [-0.39, 0.29) is 6.61 Å². The number of allylic oxidation sites excluding steroid dienone is 1. The van der Waals surface area contributed by atoms with Crippen molar-refractivity contribution in [1.82, 2.24) is 0 Å². The minimum atomic E-state index is -4.30. The summed E-state index contributed by atoms with van der Waals surface area (Å²) >= 11 is 0. The summed E-state index contributed by atoms with van der Waals surface area (Å²) in [5.74, 6) is -0.780. The molecule has 0 aliphatic rings. The molecule has 0 fully saturated rings. The van der Waals surface area contributed by atoms with Gasteiger partial charge in [0.15, 0.2) is 0 Å². The standard InChI is InChI=1S/C10H19O6P/c1-5-9(6-2)8(4)10(11)15-16-17(12,13)14-7-3/h5-7H2,1-4H3,(H,12,13). The van der Waals surface area contributed by atoms with Crippen LogP contribution in [0.4, 0.5) is 0 Å². The van der Waals surface area contributed by atoms with E-state index in [1.54, 1.807) is 6.92 Å². The molecule has 0 aromatic rings.